The molecular formula is C19H18FN5O2. The van der Waals surface area contributed by atoms with Crippen LogP contribution in [0.5, 0.6) is 0 Å². The topological polar surface area (TPSA) is 74.5 Å². The Kier molecular flexibility index (Phi) is 4.45. The molecule has 0 aliphatic carbocycles. The summed E-state index contributed by atoms with van der Waals surface area (Å²) in [4.78, 5) is 16.8. The molecule has 1 aromatic heterocycles. The lowest BCUT2D eigenvalue weighted by Gasteiger charge is -2.36. The Bertz CT molecular complexity index is 952. The molecule has 2 aromatic carbocycles. The van der Waals surface area contributed by atoms with Crippen LogP contribution in [0.25, 0.3) is 5.69 Å². The maximum atomic E-state index is 14.0. The number of para-hydroxylation sites is 2. The molecule has 138 valence electrons. The summed E-state index contributed by atoms with van der Waals surface area (Å²) in [5.41, 5.74) is 1.16. The van der Waals surface area contributed by atoms with E-state index in [4.69, 9.17) is 0 Å². The van der Waals surface area contributed by atoms with E-state index < -0.39 is 5.97 Å². The number of hydrogen-bond donors (Lipinski definition) is 1. The van der Waals surface area contributed by atoms with Crippen LogP contribution in [0.2, 0.25) is 0 Å². The molecule has 2 heterocycles. The third-order valence-electron chi connectivity index (χ3n) is 4.56. The Morgan fingerprint density at radius 3 is 2.19 bits per heavy atom. The Labute approximate surface area is 155 Å². The normalized spacial score (nSPS) is 14.4. The van der Waals surface area contributed by atoms with Crippen molar-refractivity contribution in [3.63, 3.8) is 0 Å². The number of nitrogens with zero attached hydrogens (tertiary/aromatic N) is 5. The highest BCUT2D eigenvalue weighted by Crippen LogP contribution is 2.24. The van der Waals surface area contributed by atoms with Crippen LogP contribution in [0.1, 0.15) is 10.5 Å². The van der Waals surface area contributed by atoms with E-state index >= 15 is 0 Å². The first-order chi connectivity index (χ1) is 13.1. The lowest BCUT2D eigenvalue weighted by molar-refractivity contribution is 0.0690. The number of aromatic carboxylic acids is 1. The van der Waals surface area contributed by atoms with Gasteiger partial charge in [-0.05, 0) is 24.3 Å². The monoisotopic (exact) mass is 367 g/mol. The predicted octanol–water partition coefficient (Wildman–Crippen LogP) is 2.43. The van der Waals surface area contributed by atoms with Crippen molar-refractivity contribution in [1.82, 2.24) is 15.0 Å². The fourth-order valence-corrected chi connectivity index (χ4v) is 3.19. The average molecular weight is 367 g/mol. The fraction of sp³-hybridized carbons (Fsp3) is 0.211. The van der Waals surface area contributed by atoms with Gasteiger partial charge in [-0.15, -0.1) is 15.0 Å². The summed E-state index contributed by atoms with van der Waals surface area (Å²) in [6.45, 7) is 2.20. The molecule has 0 saturated carbocycles. The van der Waals surface area contributed by atoms with Crippen molar-refractivity contribution in [3.05, 3.63) is 66.1 Å². The molecule has 1 N–H and O–H groups in total. The maximum absolute atomic E-state index is 14.0. The number of hydrogen-bond acceptors (Lipinski definition) is 5. The van der Waals surface area contributed by atoms with Gasteiger partial charge < -0.3 is 14.9 Å². The number of carboxylic acids is 1. The molecule has 3 aromatic rings. The Hall–Kier alpha value is -3.42. The molecule has 0 bridgehead atoms. The van der Waals surface area contributed by atoms with Crippen LogP contribution in [0.3, 0.4) is 0 Å². The third-order valence-corrected chi connectivity index (χ3v) is 4.56. The molecule has 1 aliphatic heterocycles. The molecule has 4 rings (SSSR count). The summed E-state index contributed by atoms with van der Waals surface area (Å²) >= 11 is 0. The van der Waals surface area contributed by atoms with Crippen molar-refractivity contribution in [2.45, 2.75) is 0 Å². The van der Waals surface area contributed by atoms with E-state index in [1.54, 1.807) is 18.2 Å². The van der Waals surface area contributed by atoms with Gasteiger partial charge >= 0.3 is 5.97 Å². The molecule has 0 radical (unpaired) electrons. The highest BCUT2D eigenvalue weighted by molar-refractivity contribution is 5.91. The van der Waals surface area contributed by atoms with Crippen molar-refractivity contribution in [1.29, 1.82) is 0 Å². The minimum absolute atomic E-state index is 0.0850. The zero-order chi connectivity index (χ0) is 18.8. The molecule has 1 aliphatic rings. The van der Waals surface area contributed by atoms with Gasteiger partial charge in [0.25, 0.3) is 0 Å². The van der Waals surface area contributed by atoms with Gasteiger partial charge in [-0.25, -0.2) is 9.18 Å². The second kappa shape index (κ2) is 7.06. The van der Waals surface area contributed by atoms with Gasteiger partial charge in [0.05, 0.1) is 11.4 Å². The molecule has 0 amide bonds. The molecule has 0 atom stereocenters. The van der Waals surface area contributed by atoms with Crippen molar-refractivity contribution < 1.29 is 14.3 Å². The number of carboxylic acid groups (broad SMARTS) is 1. The molecular weight excluding hydrogens is 349 g/mol. The van der Waals surface area contributed by atoms with Crippen molar-refractivity contribution in [2.75, 3.05) is 36.0 Å². The molecule has 27 heavy (non-hydrogen) atoms. The zero-order valence-electron chi connectivity index (χ0n) is 14.5. The molecule has 1 saturated heterocycles. The van der Waals surface area contributed by atoms with Gasteiger partial charge in [0.2, 0.25) is 5.69 Å². The Morgan fingerprint density at radius 1 is 0.889 bits per heavy atom. The minimum atomic E-state index is -1.12. The second-order valence-corrected chi connectivity index (χ2v) is 6.23. The van der Waals surface area contributed by atoms with Gasteiger partial charge in [-0.1, -0.05) is 30.3 Å². The lowest BCUT2D eigenvalue weighted by atomic mass is 10.2. The van der Waals surface area contributed by atoms with Crippen LogP contribution in [-0.4, -0.2) is 52.2 Å². The van der Waals surface area contributed by atoms with Crippen LogP contribution in [0.15, 0.2) is 54.6 Å². The first-order valence-corrected chi connectivity index (χ1v) is 8.64. The van der Waals surface area contributed by atoms with E-state index in [2.05, 4.69) is 10.2 Å². The van der Waals surface area contributed by atoms with Crippen LogP contribution >= 0.6 is 0 Å². The van der Waals surface area contributed by atoms with Gasteiger partial charge in [-0.3, -0.25) is 0 Å². The standard InChI is InChI=1S/C19H18FN5O2/c20-15-8-4-5-9-16(15)23-10-12-24(13-11-23)18-17(19(26)27)21-25(22-18)14-6-2-1-3-7-14/h1-9H,10-13H2,(H,26,27). The molecule has 1 fully saturated rings. The van der Waals surface area contributed by atoms with Gasteiger partial charge in [-0.2, -0.15) is 0 Å². The van der Waals surface area contributed by atoms with Crippen molar-refractivity contribution >= 4 is 17.5 Å². The number of aromatic nitrogens is 3. The SMILES string of the molecule is O=C(O)c1nn(-c2ccccc2)nc1N1CCN(c2ccccc2F)CC1. The van der Waals surface area contributed by atoms with E-state index in [9.17, 15) is 14.3 Å². The number of benzene rings is 2. The van der Waals surface area contributed by atoms with E-state index in [1.165, 1.54) is 10.9 Å². The van der Waals surface area contributed by atoms with Crippen LogP contribution in [-0.2, 0) is 0 Å². The summed E-state index contributed by atoms with van der Waals surface area (Å²) in [5, 5.41) is 18.1. The van der Waals surface area contributed by atoms with E-state index in [0.29, 0.717) is 43.4 Å². The van der Waals surface area contributed by atoms with Crippen LogP contribution in [0.4, 0.5) is 15.9 Å². The average Bonchev–Trinajstić information content (AvgIpc) is 3.15. The number of halogens is 1. The number of anilines is 2. The largest absolute Gasteiger partial charge is 0.476 e. The van der Waals surface area contributed by atoms with Gasteiger partial charge in [0, 0.05) is 26.2 Å². The summed E-state index contributed by atoms with van der Waals surface area (Å²) in [6.07, 6.45) is 0. The Morgan fingerprint density at radius 2 is 1.52 bits per heavy atom. The molecule has 0 spiro atoms. The predicted molar refractivity (Wildman–Crippen MR) is 99.1 cm³/mol. The lowest BCUT2D eigenvalue weighted by Crippen LogP contribution is -2.47. The first-order valence-electron chi connectivity index (χ1n) is 8.64. The number of piperazine rings is 1. The highest BCUT2D eigenvalue weighted by Gasteiger charge is 2.27. The maximum Gasteiger partial charge on any atom is 0.360 e. The van der Waals surface area contributed by atoms with Crippen LogP contribution in [0, 0.1) is 5.82 Å². The molecule has 7 nitrogen and oxygen atoms in total. The summed E-state index contributed by atoms with van der Waals surface area (Å²) in [7, 11) is 0. The molecule has 8 heteroatoms. The fourth-order valence-electron chi connectivity index (χ4n) is 3.19. The second-order valence-electron chi connectivity index (χ2n) is 6.23. The number of carbonyl (C=O) groups is 1. The summed E-state index contributed by atoms with van der Waals surface area (Å²) in [6, 6.07) is 15.8. The van der Waals surface area contributed by atoms with Gasteiger partial charge in [0.15, 0.2) is 5.82 Å². The van der Waals surface area contributed by atoms with E-state index in [0.717, 1.165) is 0 Å². The van der Waals surface area contributed by atoms with E-state index in [1.807, 2.05) is 40.1 Å². The number of rotatable bonds is 4. The van der Waals surface area contributed by atoms with E-state index in [-0.39, 0.29) is 11.5 Å². The van der Waals surface area contributed by atoms with Gasteiger partial charge in [0.1, 0.15) is 5.82 Å². The first kappa shape index (κ1) is 17.0. The van der Waals surface area contributed by atoms with Crippen molar-refractivity contribution in [2.24, 2.45) is 0 Å². The zero-order valence-corrected chi connectivity index (χ0v) is 14.5. The summed E-state index contributed by atoms with van der Waals surface area (Å²) in [5.74, 6) is -1.05. The highest BCUT2D eigenvalue weighted by atomic mass is 19.1. The summed E-state index contributed by atoms with van der Waals surface area (Å²) < 4.78 is 14.0. The quantitative estimate of drug-likeness (QED) is 0.763. The third kappa shape index (κ3) is 3.33. The Balaban J connectivity index is 1.57. The van der Waals surface area contributed by atoms with Crippen LogP contribution < -0.4 is 9.80 Å². The smallest absolute Gasteiger partial charge is 0.360 e. The van der Waals surface area contributed by atoms with Crippen molar-refractivity contribution in [3.8, 4) is 5.69 Å². The molecule has 0 unspecified atom stereocenters. The minimum Gasteiger partial charge on any atom is -0.476 e.